The topological polar surface area (TPSA) is 80.6 Å². The van der Waals surface area contributed by atoms with E-state index in [0.29, 0.717) is 28.8 Å². The van der Waals surface area contributed by atoms with E-state index in [1.165, 1.54) is 5.39 Å². The Morgan fingerprint density at radius 2 is 1.26 bits per heavy atom. The molecule has 1 unspecified atom stereocenters. The molecule has 50 heavy (non-hydrogen) atoms. The molecule has 3 aromatic heterocycles. The van der Waals surface area contributed by atoms with Crippen molar-refractivity contribution < 1.29 is 4.42 Å². The molecule has 7 heteroatoms. The molecule has 0 bridgehead atoms. The largest absolute Gasteiger partial charge is 0.452 e. The molecular formula is C43H28N6O. The summed E-state index contributed by atoms with van der Waals surface area (Å²) in [6.07, 6.45) is -0.380. The van der Waals surface area contributed by atoms with Crippen molar-refractivity contribution in [1.82, 2.24) is 19.9 Å². The first kappa shape index (κ1) is 28.2. The highest BCUT2D eigenvalue weighted by molar-refractivity contribution is 6.18. The Balaban J connectivity index is 1.23. The summed E-state index contributed by atoms with van der Waals surface area (Å²) in [7, 11) is 0. The van der Waals surface area contributed by atoms with Gasteiger partial charge in [-0.25, -0.2) is 20.0 Å². The van der Waals surface area contributed by atoms with Gasteiger partial charge in [0.15, 0.2) is 22.9 Å². The fourth-order valence-electron chi connectivity index (χ4n) is 6.94. The van der Waals surface area contributed by atoms with Crippen molar-refractivity contribution in [3.8, 4) is 17.1 Å². The van der Waals surface area contributed by atoms with Crippen molar-refractivity contribution in [2.45, 2.75) is 6.17 Å². The fraction of sp³-hybridized carbons (Fsp3) is 0.0233. The number of para-hydroxylation sites is 3. The molecule has 236 valence electrons. The van der Waals surface area contributed by atoms with E-state index in [4.69, 9.17) is 24.4 Å². The fourth-order valence-corrected chi connectivity index (χ4v) is 6.94. The summed E-state index contributed by atoms with van der Waals surface area (Å²) in [5.74, 6) is 1.76. The SMILES string of the molecule is c1ccc(C2=NC(c3nc(-c4ccc5c6ccccc6n(-c6ccccc6)c5c4)nc4c3oc3ccccc34)=NC(c3ccccc3)N2)cc1. The summed E-state index contributed by atoms with van der Waals surface area (Å²) in [6, 6.07) is 53.7. The quantitative estimate of drug-likeness (QED) is 0.202. The number of amidine groups is 2. The van der Waals surface area contributed by atoms with E-state index in [0.717, 1.165) is 55.3 Å². The Kier molecular flexibility index (Phi) is 6.42. The molecule has 1 atom stereocenters. The number of rotatable bonds is 5. The van der Waals surface area contributed by atoms with Gasteiger partial charge in [-0.3, -0.25) is 0 Å². The van der Waals surface area contributed by atoms with Gasteiger partial charge in [-0.1, -0.05) is 121 Å². The highest BCUT2D eigenvalue weighted by Gasteiger charge is 2.26. The molecule has 0 radical (unpaired) electrons. The molecule has 7 nitrogen and oxygen atoms in total. The van der Waals surface area contributed by atoms with Gasteiger partial charge in [0.05, 0.1) is 11.0 Å². The summed E-state index contributed by atoms with van der Waals surface area (Å²) in [5, 5.41) is 6.81. The average Bonchev–Trinajstić information content (AvgIpc) is 3.74. The molecule has 0 saturated heterocycles. The molecular weight excluding hydrogens is 617 g/mol. The van der Waals surface area contributed by atoms with Crippen LogP contribution in [0.1, 0.15) is 23.0 Å². The van der Waals surface area contributed by atoms with Crippen molar-refractivity contribution in [2.75, 3.05) is 0 Å². The lowest BCUT2D eigenvalue weighted by Gasteiger charge is -2.23. The number of hydrogen-bond acceptors (Lipinski definition) is 6. The van der Waals surface area contributed by atoms with E-state index in [9.17, 15) is 0 Å². The highest BCUT2D eigenvalue weighted by Crippen LogP contribution is 2.36. The lowest BCUT2D eigenvalue weighted by molar-refractivity contribution is 0.659. The van der Waals surface area contributed by atoms with Gasteiger partial charge in [0, 0.05) is 33.0 Å². The van der Waals surface area contributed by atoms with Gasteiger partial charge in [-0.2, -0.15) is 0 Å². The number of furan rings is 1. The standard InChI is InChI=1S/C43H28N6O/c1-4-14-27(15-5-1)40-46-41(28-16-6-2-7-17-28)48-43(47-40)38-39-37(33-21-11-13-23-36(33)50-39)44-42(45-38)29-24-25-32-31-20-10-12-22-34(31)49(35(32)26-29)30-18-8-3-9-19-30/h1-26,40H,(H,46,47,48). The van der Waals surface area contributed by atoms with Crippen molar-refractivity contribution in [3.05, 3.63) is 175 Å². The minimum absolute atomic E-state index is 0.380. The Labute approximate surface area is 286 Å². The zero-order valence-electron chi connectivity index (χ0n) is 26.7. The van der Waals surface area contributed by atoms with Gasteiger partial charge in [0.2, 0.25) is 0 Å². The third kappa shape index (κ3) is 4.59. The van der Waals surface area contributed by atoms with Crippen LogP contribution in [0.25, 0.3) is 61.0 Å². The second-order valence-corrected chi connectivity index (χ2v) is 12.3. The zero-order chi connectivity index (χ0) is 33.0. The first-order valence-electron chi connectivity index (χ1n) is 16.6. The first-order chi connectivity index (χ1) is 24.8. The third-order valence-corrected chi connectivity index (χ3v) is 9.28. The maximum Gasteiger partial charge on any atom is 0.183 e. The van der Waals surface area contributed by atoms with E-state index in [-0.39, 0.29) is 6.17 Å². The van der Waals surface area contributed by atoms with Crippen LogP contribution in [-0.4, -0.2) is 26.2 Å². The summed E-state index contributed by atoms with van der Waals surface area (Å²) in [5.41, 5.74) is 8.71. The van der Waals surface area contributed by atoms with E-state index in [2.05, 4.69) is 88.7 Å². The smallest absolute Gasteiger partial charge is 0.183 e. The molecule has 0 fully saturated rings. The predicted molar refractivity (Wildman–Crippen MR) is 201 cm³/mol. The highest BCUT2D eigenvalue weighted by atomic mass is 16.3. The Morgan fingerprint density at radius 3 is 2.08 bits per heavy atom. The van der Waals surface area contributed by atoms with Crippen molar-refractivity contribution in [2.24, 2.45) is 9.98 Å². The van der Waals surface area contributed by atoms with Crippen molar-refractivity contribution >= 4 is 55.5 Å². The van der Waals surface area contributed by atoms with E-state index >= 15 is 0 Å². The molecule has 0 aliphatic carbocycles. The Morgan fingerprint density at radius 1 is 0.580 bits per heavy atom. The number of aliphatic imine (C=N–C) groups is 2. The summed E-state index contributed by atoms with van der Waals surface area (Å²) in [6.45, 7) is 0. The van der Waals surface area contributed by atoms with Crippen LogP contribution in [0.15, 0.2) is 172 Å². The van der Waals surface area contributed by atoms with Gasteiger partial charge < -0.3 is 14.3 Å². The van der Waals surface area contributed by atoms with E-state index in [1.807, 2.05) is 78.9 Å². The number of nitrogens with zero attached hydrogens (tertiary/aromatic N) is 5. The molecule has 10 rings (SSSR count). The minimum atomic E-state index is -0.380. The monoisotopic (exact) mass is 644 g/mol. The van der Waals surface area contributed by atoms with Crippen LogP contribution in [0, 0.1) is 0 Å². The number of hydrogen-bond donors (Lipinski definition) is 1. The minimum Gasteiger partial charge on any atom is -0.452 e. The lowest BCUT2D eigenvalue weighted by Crippen LogP contribution is -2.33. The van der Waals surface area contributed by atoms with Crippen LogP contribution < -0.4 is 5.32 Å². The number of aromatic nitrogens is 3. The normalized spacial score (nSPS) is 14.6. The molecule has 1 aliphatic rings. The van der Waals surface area contributed by atoms with E-state index in [1.54, 1.807) is 0 Å². The van der Waals surface area contributed by atoms with Gasteiger partial charge in [0.25, 0.3) is 0 Å². The number of fused-ring (bicyclic) bond motifs is 6. The van der Waals surface area contributed by atoms with Gasteiger partial charge in [-0.05, 0) is 42.0 Å². The van der Waals surface area contributed by atoms with Gasteiger partial charge in [0.1, 0.15) is 23.1 Å². The molecule has 6 aromatic carbocycles. The second kappa shape index (κ2) is 11.4. The predicted octanol–water partition coefficient (Wildman–Crippen LogP) is 9.64. The summed E-state index contributed by atoms with van der Waals surface area (Å²) < 4.78 is 8.80. The Hall–Kier alpha value is -6.86. The van der Waals surface area contributed by atoms with Gasteiger partial charge in [-0.15, -0.1) is 0 Å². The molecule has 1 aliphatic heterocycles. The molecule has 0 amide bonds. The van der Waals surface area contributed by atoms with Crippen LogP contribution in [0.2, 0.25) is 0 Å². The Bertz CT molecular complexity index is 2780. The third-order valence-electron chi connectivity index (χ3n) is 9.28. The molecule has 0 saturated carbocycles. The van der Waals surface area contributed by atoms with Crippen molar-refractivity contribution in [3.63, 3.8) is 0 Å². The summed E-state index contributed by atoms with van der Waals surface area (Å²) >= 11 is 0. The van der Waals surface area contributed by atoms with Crippen LogP contribution in [0.5, 0.6) is 0 Å². The molecule has 9 aromatic rings. The second-order valence-electron chi connectivity index (χ2n) is 12.3. The van der Waals surface area contributed by atoms with E-state index < -0.39 is 0 Å². The molecule has 0 spiro atoms. The first-order valence-corrected chi connectivity index (χ1v) is 16.6. The number of benzene rings is 6. The van der Waals surface area contributed by atoms with Crippen LogP contribution >= 0.6 is 0 Å². The maximum atomic E-state index is 6.50. The van der Waals surface area contributed by atoms with Crippen LogP contribution in [0.3, 0.4) is 0 Å². The zero-order valence-corrected chi connectivity index (χ0v) is 26.7. The van der Waals surface area contributed by atoms with Gasteiger partial charge >= 0.3 is 0 Å². The average molecular weight is 645 g/mol. The number of nitrogens with one attached hydrogen (secondary N) is 1. The van der Waals surface area contributed by atoms with Crippen LogP contribution in [-0.2, 0) is 0 Å². The van der Waals surface area contributed by atoms with Crippen LogP contribution in [0.4, 0.5) is 0 Å². The molecule has 4 heterocycles. The maximum absolute atomic E-state index is 6.50. The lowest BCUT2D eigenvalue weighted by atomic mass is 10.1. The summed E-state index contributed by atoms with van der Waals surface area (Å²) in [4.78, 5) is 20.6. The van der Waals surface area contributed by atoms with Crippen molar-refractivity contribution in [1.29, 1.82) is 0 Å². The molecule has 1 N–H and O–H groups in total.